The van der Waals surface area contributed by atoms with E-state index in [1.54, 1.807) is 24.4 Å². The van der Waals surface area contributed by atoms with Gasteiger partial charge in [0.15, 0.2) is 9.84 Å². The molecule has 1 aromatic heterocycles. The highest BCUT2D eigenvalue weighted by atomic mass is 32.2. The molecule has 1 aromatic carbocycles. The van der Waals surface area contributed by atoms with E-state index in [2.05, 4.69) is 10.3 Å². The SMILES string of the molecule is CS(=O)(=O)c1cccc(Nc2c[nH]c(=O)c3c2C2CCC3C2)c1. The van der Waals surface area contributed by atoms with Crippen LogP contribution >= 0.6 is 0 Å². The van der Waals surface area contributed by atoms with Crippen LogP contribution in [-0.2, 0) is 9.84 Å². The molecular formula is C17H18N2O3S. The summed E-state index contributed by atoms with van der Waals surface area (Å²) in [5.41, 5.74) is 3.66. The molecule has 0 saturated heterocycles. The number of fused-ring (bicyclic) bond motifs is 5. The number of rotatable bonds is 3. The van der Waals surface area contributed by atoms with Crippen molar-refractivity contribution >= 4 is 21.2 Å². The number of aromatic amines is 1. The van der Waals surface area contributed by atoms with Crippen LogP contribution in [0, 0.1) is 0 Å². The molecule has 1 fully saturated rings. The standard InChI is InChI=1S/C17H18N2O3S/c1-23(21,22)13-4-2-3-12(8-13)19-14-9-18-17(20)16-11-6-5-10(7-11)15(14)16/h2-4,8-11,19H,5-7H2,1H3,(H,18,20). The predicted molar refractivity (Wildman–Crippen MR) is 89.2 cm³/mol. The first-order chi connectivity index (χ1) is 10.9. The van der Waals surface area contributed by atoms with Gasteiger partial charge in [-0.3, -0.25) is 4.79 Å². The number of pyridine rings is 1. The molecule has 2 aliphatic carbocycles. The van der Waals surface area contributed by atoms with Gasteiger partial charge in [0.25, 0.3) is 5.56 Å². The minimum absolute atomic E-state index is 0.0163. The first kappa shape index (κ1) is 14.5. The average Bonchev–Trinajstić information content (AvgIpc) is 3.11. The van der Waals surface area contributed by atoms with Crippen molar-refractivity contribution in [2.24, 2.45) is 0 Å². The highest BCUT2D eigenvalue weighted by molar-refractivity contribution is 7.90. The van der Waals surface area contributed by atoms with E-state index in [9.17, 15) is 13.2 Å². The van der Waals surface area contributed by atoms with Crippen LogP contribution in [0.2, 0.25) is 0 Å². The minimum atomic E-state index is -3.24. The lowest BCUT2D eigenvalue weighted by atomic mass is 9.92. The Balaban J connectivity index is 1.76. The van der Waals surface area contributed by atoms with Crippen molar-refractivity contribution in [3.8, 4) is 0 Å². The van der Waals surface area contributed by atoms with E-state index in [4.69, 9.17) is 0 Å². The Morgan fingerprint density at radius 1 is 1.17 bits per heavy atom. The van der Waals surface area contributed by atoms with Gasteiger partial charge in [-0.1, -0.05) is 6.07 Å². The lowest BCUT2D eigenvalue weighted by Crippen LogP contribution is -2.18. The number of H-pyrrole nitrogens is 1. The number of hydrogen-bond donors (Lipinski definition) is 2. The Morgan fingerprint density at radius 3 is 2.65 bits per heavy atom. The molecule has 6 heteroatoms. The van der Waals surface area contributed by atoms with Crippen LogP contribution in [0.5, 0.6) is 0 Å². The number of hydrogen-bond acceptors (Lipinski definition) is 4. The van der Waals surface area contributed by atoms with Gasteiger partial charge >= 0.3 is 0 Å². The molecular weight excluding hydrogens is 312 g/mol. The summed E-state index contributed by atoms with van der Waals surface area (Å²) in [5.74, 6) is 0.820. The van der Waals surface area contributed by atoms with Gasteiger partial charge in [-0.2, -0.15) is 0 Å². The van der Waals surface area contributed by atoms with Crippen LogP contribution in [0.25, 0.3) is 0 Å². The van der Waals surface area contributed by atoms with Gasteiger partial charge in [-0.25, -0.2) is 8.42 Å². The van der Waals surface area contributed by atoms with Crippen molar-refractivity contribution in [3.05, 3.63) is 51.9 Å². The zero-order chi connectivity index (χ0) is 16.2. The smallest absolute Gasteiger partial charge is 0.251 e. The Hall–Kier alpha value is -2.08. The van der Waals surface area contributed by atoms with Crippen molar-refractivity contribution in [3.63, 3.8) is 0 Å². The fourth-order valence-corrected chi connectivity index (χ4v) is 4.64. The van der Waals surface area contributed by atoms with Crippen molar-refractivity contribution in [2.75, 3.05) is 11.6 Å². The Labute approximate surface area is 134 Å². The summed E-state index contributed by atoms with van der Waals surface area (Å²) in [4.78, 5) is 15.2. The maximum atomic E-state index is 12.1. The molecule has 4 rings (SSSR count). The van der Waals surface area contributed by atoms with Gasteiger partial charge in [0, 0.05) is 23.7 Å². The van der Waals surface area contributed by atoms with Crippen LogP contribution in [0.15, 0.2) is 40.2 Å². The number of nitrogens with one attached hydrogen (secondary N) is 2. The van der Waals surface area contributed by atoms with E-state index >= 15 is 0 Å². The minimum Gasteiger partial charge on any atom is -0.354 e. The Morgan fingerprint density at radius 2 is 1.91 bits per heavy atom. The van der Waals surface area contributed by atoms with Gasteiger partial charge in [-0.15, -0.1) is 0 Å². The number of benzene rings is 1. The van der Waals surface area contributed by atoms with Crippen LogP contribution in [0.3, 0.4) is 0 Å². The van der Waals surface area contributed by atoms with E-state index < -0.39 is 9.84 Å². The average molecular weight is 330 g/mol. The third-order valence-corrected chi connectivity index (χ3v) is 6.07. The van der Waals surface area contributed by atoms with E-state index in [0.29, 0.717) is 17.5 Å². The van der Waals surface area contributed by atoms with Crippen LogP contribution in [0.1, 0.15) is 42.2 Å². The van der Waals surface area contributed by atoms with Gasteiger partial charge in [0.2, 0.25) is 0 Å². The van der Waals surface area contributed by atoms with Gasteiger partial charge < -0.3 is 10.3 Å². The fourth-order valence-electron chi connectivity index (χ4n) is 3.98. The van der Waals surface area contributed by atoms with E-state index in [1.807, 2.05) is 6.07 Å². The molecule has 0 aliphatic heterocycles. The highest BCUT2D eigenvalue weighted by Crippen LogP contribution is 2.54. The van der Waals surface area contributed by atoms with Gasteiger partial charge in [0.1, 0.15) is 0 Å². The summed E-state index contributed by atoms with van der Waals surface area (Å²) in [7, 11) is -3.24. The van der Waals surface area contributed by atoms with E-state index in [1.165, 1.54) is 6.26 Å². The summed E-state index contributed by atoms with van der Waals surface area (Å²) >= 11 is 0. The summed E-state index contributed by atoms with van der Waals surface area (Å²) < 4.78 is 23.4. The van der Waals surface area contributed by atoms with Crippen molar-refractivity contribution in [1.82, 2.24) is 4.98 Å². The molecule has 2 unspecified atom stereocenters. The number of sulfone groups is 1. The van der Waals surface area contributed by atoms with E-state index in [-0.39, 0.29) is 10.5 Å². The fraction of sp³-hybridized carbons (Fsp3) is 0.353. The summed E-state index contributed by atoms with van der Waals surface area (Å²) in [6.45, 7) is 0. The second-order valence-electron chi connectivity index (χ2n) is 6.49. The highest BCUT2D eigenvalue weighted by Gasteiger charge is 2.40. The maximum Gasteiger partial charge on any atom is 0.251 e. The summed E-state index contributed by atoms with van der Waals surface area (Å²) in [6.07, 6.45) is 6.17. The number of aromatic nitrogens is 1. The third kappa shape index (κ3) is 2.37. The van der Waals surface area contributed by atoms with Gasteiger partial charge in [-0.05, 0) is 54.9 Å². The zero-order valence-electron chi connectivity index (χ0n) is 12.8. The molecule has 2 aromatic rings. The Bertz CT molecular complexity index is 947. The van der Waals surface area contributed by atoms with Crippen LogP contribution < -0.4 is 10.9 Å². The summed E-state index contributed by atoms with van der Waals surface area (Å²) in [6, 6.07) is 6.76. The lowest BCUT2D eigenvalue weighted by molar-refractivity contribution is 0.602. The largest absolute Gasteiger partial charge is 0.354 e. The quantitative estimate of drug-likeness (QED) is 0.907. The monoisotopic (exact) mass is 330 g/mol. The van der Waals surface area contributed by atoms with Gasteiger partial charge in [0.05, 0.1) is 10.6 Å². The van der Waals surface area contributed by atoms with Crippen LogP contribution in [0.4, 0.5) is 11.4 Å². The second-order valence-corrected chi connectivity index (χ2v) is 8.51. The molecule has 0 amide bonds. The molecule has 23 heavy (non-hydrogen) atoms. The topological polar surface area (TPSA) is 79.0 Å². The van der Waals surface area contributed by atoms with Crippen LogP contribution in [-0.4, -0.2) is 19.7 Å². The molecule has 0 spiro atoms. The zero-order valence-corrected chi connectivity index (χ0v) is 13.6. The second kappa shape index (κ2) is 4.96. The third-order valence-electron chi connectivity index (χ3n) is 4.96. The maximum absolute atomic E-state index is 12.1. The first-order valence-electron chi connectivity index (χ1n) is 7.76. The molecule has 120 valence electrons. The van der Waals surface area contributed by atoms with E-state index in [0.717, 1.165) is 36.1 Å². The molecule has 2 atom stereocenters. The van der Waals surface area contributed by atoms with Crippen molar-refractivity contribution in [2.45, 2.75) is 36.0 Å². The molecule has 1 saturated carbocycles. The summed E-state index contributed by atoms with van der Waals surface area (Å²) in [5, 5.41) is 3.29. The molecule has 5 nitrogen and oxygen atoms in total. The molecule has 1 heterocycles. The first-order valence-corrected chi connectivity index (χ1v) is 9.65. The van der Waals surface area contributed by atoms with Crippen molar-refractivity contribution < 1.29 is 8.42 Å². The predicted octanol–water partition coefficient (Wildman–Crippen LogP) is 2.89. The number of anilines is 2. The molecule has 2 aliphatic rings. The molecule has 2 N–H and O–H groups in total. The molecule has 2 bridgehead atoms. The van der Waals surface area contributed by atoms with Crippen molar-refractivity contribution in [1.29, 1.82) is 0 Å². The molecule has 0 radical (unpaired) electrons. The lowest BCUT2D eigenvalue weighted by Gasteiger charge is -2.19. The Kier molecular flexibility index (Phi) is 3.13. The normalized spacial score (nSPS) is 22.1.